The van der Waals surface area contributed by atoms with Crippen molar-refractivity contribution in [3.8, 4) is 0 Å². The zero-order valence-electron chi connectivity index (χ0n) is 11.4. The second kappa shape index (κ2) is 5.63. The first-order chi connectivity index (χ1) is 9.45. The Bertz CT molecular complexity index is 696. The summed E-state index contributed by atoms with van der Waals surface area (Å²) < 4.78 is 39.4. The molecule has 2 rings (SSSR count). The van der Waals surface area contributed by atoms with E-state index in [1.807, 2.05) is 25.1 Å². The highest BCUT2D eigenvalue weighted by atomic mass is 32.2. The lowest BCUT2D eigenvalue weighted by Gasteiger charge is -2.23. The molecule has 0 bridgehead atoms. The summed E-state index contributed by atoms with van der Waals surface area (Å²) in [4.78, 5) is 0.0854. The lowest BCUT2D eigenvalue weighted by Crippen LogP contribution is -2.30. The summed E-state index contributed by atoms with van der Waals surface area (Å²) >= 11 is 0. The molecule has 0 heterocycles. The third-order valence-corrected chi connectivity index (χ3v) is 4.90. The first kappa shape index (κ1) is 14.5. The van der Waals surface area contributed by atoms with Crippen molar-refractivity contribution in [2.75, 3.05) is 10.8 Å². The molecule has 0 amide bonds. The van der Waals surface area contributed by atoms with Crippen LogP contribution in [0, 0.1) is 12.7 Å². The largest absolute Gasteiger partial charge is 0.267 e. The molecule has 0 aliphatic heterocycles. The Morgan fingerprint density at radius 3 is 2.30 bits per heavy atom. The van der Waals surface area contributed by atoms with Crippen LogP contribution in [0.3, 0.4) is 0 Å². The highest BCUT2D eigenvalue weighted by molar-refractivity contribution is 7.92. The molecule has 0 spiro atoms. The molecule has 0 unspecified atom stereocenters. The maximum absolute atomic E-state index is 12.9. The van der Waals surface area contributed by atoms with Crippen LogP contribution in [0.15, 0.2) is 53.4 Å². The second-order valence-electron chi connectivity index (χ2n) is 4.46. The lowest BCUT2D eigenvalue weighted by atomic mass is 10.2. The van der Waals surface area contributed by atoms with Gasteiger partial charge in [-0.2, -0.15) is 0 Å². The standard InChI is InChI=1S/C15H16FNO2S/c1-3-17(14-6-4-5-12(2)11-14)20(18,19)15-9-7-13(16)8-10-15/h4-11H,3H2,1-2H3. The van der Waals surface area contributed by atoms with Crippen LogP contribution in [0.25, 0.3) is 0 Å². The number of hydrogen-bond donors (Lipinski definition) is 0. The van der Waals surface area contributed by atoms with Gasteiger partial charge < -0.3 is 0 Å². The molecular weight excluding hydrogens is 277 g/mol. The minimum atomic E-state index is -3.67. The molecule has 0 fully saturated rings. The van der Waals surface area contributed by atoms with Crippen LogP contribution >= 0.6 is 0 Å². The molecule has 0 saturated carbocycles. The van der Waals surface area contributed by atoms with Gasteiger partial charge in [0, 0.05) is 6.54 Å². The van der Waals surface area contributed by atoms with Gasteiger partial charge >= 0.3 is 0 Å². The summed E-state index contributed by atoms with van der Waals surface area (Å²) in [6, 6.07) is 12.1. The van der Waals surface area contributed by atoms with Crippen LogP contribution in [0.2, 0.25) is 0 Å². The van der Waals surface area contributed by atoms with Gasteiger partial charge in [0.2, 0.25) is 0 Å². The average molecular weight is 293 g/mol. The zero-order valence-corrected chi connectivity index (χ0v) is 12.2. The van der Waals surface area contributed by atoms with Crippen molar-refractivity contribution in [2.45, 2.75) is 18.7 Å². The highest BCUT2D eigenvalue weighted by Crippen LogP contribution is 2.24. The third-order valence-electron chi connectivity index (χ3n) is 2.98. The first-order valence-electron chi connectivity index (χ1n) is 6.30. The topological polar surface area (TPSA) is 37.4 Å². The summed E-state index contributed by atoms with van der Waals surface area (Å²) in [6.45, 7) is 3.98. The predicted octanol–water partition coefficient (Wildman–Crippen LogP) is 3.35. The molecule has 2 aromatic rings. The summed E-state index contributed by atoms with van der Waals surface area (Å²) in [5, 5.41) is 0. The van der Waals surface area contributed by atoms with Gasteiger partial charge in [-0.05, 0) is 55.8 Å². The number of sulfonamides is 1. The lowest BCUT2D eigenvalue weighted by molar-refractivity contribution is 0.590. The fraction of sp³-hybridized carbons (Fsp3) is 0.200. The van der Waals surface area contributed by atoms with Crippen molar-refractivity contribution in [3.05, 3.63) is 59.9 Å². The molecule has 2 aromatic carbocycles. The predicted molar refractivity (Wildman–Crippen MR) is 77.8 cm³/mol. The van der Waals surface area contributed by atoms with Crippen molar-refractivity contribution in [2.24, 2.45) is 0 Å². The molecule has 0 atom stereocenters. The third kappa shape index (κ3) is 2.82. The smallest absolute Gasteiger partial charge is 0.264 e. The molecule has 0 aliphatic rings. The van der Waals surface area contributed by atoms with E-state index in [-0.39, 0.29) is 4.90 Å². The SMILES string of the molecule is CCN(c1cccc(C)c1)S(=O)(=O)c1ccc(F)cc1. The van der Waals surface area contributed by atoms with E-state index in [9.17, 15) is 12.8 Å². The van der Waals surface area contributed by atoms with Gasteiger partial charge in [-0.1, -0.05) is 12.1 Å². The van der Waals surface area contributed by atoms with Gasteiger partial charge in [-0.3, -0.25) is 4.31 Å². The molecule has 0 aromatic heterocycles. The monoisotopic (exact) mass is 293 g/mol. The highest BCUT2D eigenvalue weighted by Gasteiger charge is 2.23. The quantitative estimate of drug-likeness (QED) is 0.867. The van der Waals surface area contributed by atoms with Crippen molar-refractivity contribution < 1.29 is 12.8 Å². The maximum atomic E-state index is 12.9. The minimum absolute atomic E-state index is 0.0854. The first-order valence-corrected chi connectivity index (χ1v) is 7.74. The Hall–Kier alpha value is -1.88. The summed E-state index contributed by atoms with van der Waals surface area (Å²) in [5.41, 5.74) is 1.59. The summed E-state index contributed by atoms with van der Waals surface area (Å²) in [5.74, 6) is -0.456. The van der Waals surface area contributed by atoms with E-state index in [1.165, 1.54) is 16.4 Å². The van der Waals surface area contributed by atoms with E-state index in [2.05, 4.69) is 0 Å². The fourth-order valence-electron chi connectivity index (χ4n) is 2.01. The van der Waals surface area contributed by atoms with Crippen LogP contribution in [0.5, 0.6) is 0 Å². The zero-order chi connectivity index (χ0) is 14.8. The van der Waals surface area contributed by atoms with Crippen LogP contribution in [-0.4, -0.2) is 15.0 Å². The maximum Gasteiger partial charge on any atom is 0.264 e. The Morgan fingerprint density at radius 2 is 1.75 bits per heavy atom. The van der Waals surface area contributed by atoms with Gasteiger partial charge in [0.1, 0.15) is 5.82 Å². The summed E-state index contributed by atoms with van der Waals surface area (Å²) in [6.07, 6.45) is 0. The van der Waals surface area contributed by atoms with Gasteiger partial charge in [0.05, 0.1) is 10.6 Å². The van der Waals surface area contributed by atoms with E-state index in [0.717, 1.165) is 17.7 Å². The minimum Gasteiger partial charge on any atom is -0.267 e. The molecule has 0 N–H and O–H groups in total. The van der Waals surface area contributed by atoms with Crippen molar-refractivity contribution in [1.29, 1.82) is 0 Å². The van der Waals surface area contributed by atoms with Gasteiger partial charge in [0.15, 0.2) is 0 Å². The van der Waals surface area contributed by atoms with E-state index in [1.54, 1.807) is 13.0 Å². The van der Waals surface area contributed by atoms with E-state index in [4.69, 9.17) is 0 Å². The molecule has 3 nitrogen and oxygen atoms in total. The number of anilines is 1. The van der Waals surface area contributed by atoms with E-state index < -0.39 is 15.8 Å². The Morgan fingerprint density at radius 1 is 1.10 bits per heavy atom. The molecular formula is C15H16FNO2S. The summed E-state index contributed by atoms with van der Waals surface area (Å²) in [7, 11) is -3.67. The molecule has 106 valence electrons. The molecule has 0 radical (unpaired) electrons. The molecule has 20 heavy (non-hydrogen) atoms. The Labute approximate surface area is 118 Å². The van der Waals surface area contributed by atoms with Gasteiger partial charge in [-0.25, -0.2) is 12.8 Å². The number of hydrogen-bond acceptors (Lipinski definition) is 2. The number of aryl methyl sites for hydroxylation is 1. The number of halogens is 1. The van der Waals surface area contributed by atoms with Crippen LogP contribution in [0.1, 0.15) is 12.5 Å². The number of benzene rings is 2. The van der Waals surface area contributed by atoms with Gasteiger partial charge in [0.25, 0.3) is 10.0 Å². The van der Waals surface area contributed by atoms with Crippen LogP contribution in [-0.2, 0) is 10.0 Å². The molecule has 0 aliphatic carbocycles. The van der Waals surface area contributed by atoms with Crippen molar-refractivity contribution >= 4 is 15.7 Å². The second-order valence-corrected chi connectivity index (χ2v) is 6.33. The van der Waals surface area contributed by atoms with E-state index in [0.29, 0.717) is 12.2 Å². The number of nitrogens with zero attached hydrogens (tertiary/aromatic N) is 1. The number of rotatable bonds is 4. The molecule has 0 saturated heterocycles. The molecule has 5 heteroatoms. The Kier molecular flexibility index (Phi) is 4.09. The van der Waals surface area contributed by atoms with Crippen molar-refractivity contribution in [1.82, 2.24) is 0 Å². The van der Waals surface area contributed by atoms with E-state index >= 15 is 0 Å². The average Bonchev–Trinajstić information content (AvgIpc) is 2.40. The van der Waals surface area contributed by atoms with Crippen LogP contribution in [0.4, 0.5) is 10.1 Å². The fourth-order valence-corrected chi connectivity index (χ4v) is 3.47. The van der Waals surface area contributed by atoms with Gasteiger partial charge in [-0.15, -0.1) is 0 Å². The van der Waals surface area contributed by atoms with Crippen molar-refractivity contribution in [3.63, 3.8) is 0 Å². The normalized spacial score (nSPS) is 11.3. The Balaban J connectivity index is 2.47. The van der Waals surface area contributed by atoms with Crippen LogP contribution < -0.4 is 4.31 Å².